The number of nitrogens with zero attached hydrogens (tertiary/aromatic N) is 4. The fraction of sp³-hybridized carbons (Fsp3) is 0.0556. The van der Waals surface area contributed by atoms with Crippen molar-refractivity contribution in [2.75, 3.05) is 0 Å². The normalized spacial score (nSPS) is 10.9. The first-order valence-corrected chi connectivity index (χ1v) is 8.21. The second-order valence-corrected chi connectivity index (χ2v) is 6.05. The molecule has 8 nitrogen and oxygen atoms in total. The number of nitro benzene ring substituents is 1. The number of ether oxygens (including phenoxy) is 1. The zero-order chi connectivity index (χ0) is 18.8. The Kier molecular flexibility index (Phi) is 4.39. The molecule has 0 amide bonds. The molecule has 0 fully saturated rings. The van der Waals surface area contributed by atoms with Gasteiger partial charge in [0, 0.05) is 28.8 Å². The minimum absolute atomic E-state index is 0.0463. The number of aromatic nitrogens is 3. The first-order chi connectivity index (χ1) is 13.1. The van der Waals surface area contributed by atoms with Crippen LogP contribution in [0.2, 0.25) is 5.02 Å². The summed E-state index contributed by atoms with van der Waals surface area (Å²) >= 11 is 5.88. The standard InChI is InChI=1S/C18H11ClN4O4/c19-12-3-1-11(2-4-12)16-8-14(27-22-16)9-26-18-15-6-5-13(23(24)25)7-17(15)20-10-21-18/h1-8,10H,9H2. The lowest BCUT2D eigenvalue weighted by molar-refractivity contribution is -0.384. The third-order valence-electron chi connectivity index (χ3n) is 3.84. The van der Waals surface area contributed by atoms with Gasteiger partial charge in [-0.3, -0.25) is 10.1 Å². The highest BCUT2D eigenvalue weighted by atomic mass is 35.5. The van der Waals surface area contributed by atoms with Crippen LogP contribution in [0.15, 0.2) is 59.4 Å². The monoisotopic (exact) mass is 382 g/mol. The van der Waals surface area contributed by atoms with Crippen molar-refractivity contribution >= 4 is 28.2 Å². The smallest absolute Gasteiger partial charge is 0.271 e. The van der Waals surface area contributed by atoms with Crippen molar-refractivity contribution < 1.29 is 14.2 Å². The zero-order valence-electron chi connectivity index (χ0n) is 13.7. The summed E-state index contributed by atoms with van der Waals surface area (Å²) in [4.78, 5) is 18.5. The predicted octanol–water partition coefficient (Wildman–Crippen LogP) is 4.43. The van der Waals surface area contributed by atoms with Gasteiger partial charge in [0.15, 0.2) is 12.4 Å². The van der Waals surface area contributed by atoms with Crippen molar-refractivity contribution in [1.29, 1.82) is 0 Å². The van der Waals surface area contributed by atoms with Gasteiger partial charge in [-0.15, -0.1) is 0 Å². The number of rotatable bonds is 5. The lowest BCUT2D eigenvalue weighted by Crippen LogP contribution is -1.98. The number of halogens is 1. The van der Waals surface area contributed by atoms with Crippen LogP contribution < -0.4 is 4.74 Å². The molecule has 0 spiro atoms. The topological polar surface area (TPSA) is 104 Å². The van der Waals surface area contributed by atoms with Crippen molar-refractivity contribution in [1.82, 2.24) is 15.1 Å². The minimum Gasteiger partial charge on any atom is -0.469 e. The van der Waals surface area contributed by atoms with E-state index in [0.29, 0.717) is 33.3 Å². The van der Waals surface area contributed by atoms with E-state index in [1.807, 2.05) is 12.1 Å². The molecule has 0 radical (unpaired) electrons. The van der Waals surface area contributed by atoms with E-state index in [9.17, 15) is 10.1 Å². The molecular formula is C18H11ClN4O4. The van der Waals surface area contributed by atoms with Gasteiger partial charge in [0.2, 0.25) is 5.88 Å². The number of non-ortho nitro benzene ring substituents is 1. The van der Waals surface area contributed by atoms with E-state index in [1.165, 1.54) is 18.5 Å². The molecule has 0 unspecified atom stereocenters. The molecule has 4 rings (SSSR count). The van der Waals surface area contributed by atoms with Crippen LogP contribution in [0.25, 0.3) is 22.2 Å². The van der Waals surface area contributed by atoms with Gasteiger partial charge in [-0.1, -0.05) is 28.9 Å². The number of hydrogen-bond donors (Lipinski definition) is 0. The minimum atomic E-state index is -0.477. The average Bonchev–Trinajstić information content (AvgIpc) is 3.15. The number of fused-ring (bicyclic) bond motifs is 1. The third kappa shape index (κ3) is 3.56. The fourth-order valence-corrected chi connectivity index (χ4v) is 2.65. The summed E-state index contributed by atoms with van der Waals surface area (Å²) in [5, 5.41) is 16.1. The van der Waals surface area contributed by atoms with E-state index >= 15 is 0 Å². The average molecular weight is 383 g/mol. The lowest BCUT2D eigenvalue weighted by atomic mass is 10.1. The predicted molar refractivity (Wildman–Crippen MR) is 97.5 cm³/mol. The van der Waals surface area contributed by atoms with Crippen molar-refractivity contribution in [2.45, 2.75) is 6.61 Å². The van der Waals surface area contributed by atoms with E-state index in [2.05, 4.69) is 15.1 Å². The Morgan fingerprint density at radius 3 is 2.70 bits per heavy atom. The van der Waals surface area contributed by atoms with E-state index in [4.69, 9.17) is 20.9 Å². The molecule has 0 saturated carbocycles. The molecule has 0 aliphatic carbocycles. The van der Waals surface area contributed by atoms with Gasteiger partial charge in [0.05, 0.1) is 15.8 Å². The lowest BCUT2D eigenvalue weighted by Gasteiger charge is -2.05. The Balaban J connectivity index is 1.54. The highest BCUT2D eigenvalue weighted by molar-refractivity contribution is 6.30. The van der Waals surface area contributed by atoms with E-state index in [1.54, 1.807) is 24.3 Å². The van der Waals surface area contributed by atoms with Gasteiger partial charge in [-0.2, -0.15) is 0 Å². The van der Waals surface area contributed by atoms with E-state index in [0.717, 1.165) is 5.56 Å². The van der Waals surface area contributed by atoms with Crippen molar-refractivity contribution in [3.63, 3.8) is 0 Å². The summed E-state index contributed by atoms with van der Waals surface area (Å²) in [6.45, 7) is 0.101. The maximum atomic E-state index is 10.9. The molecule has 4 aromatic rings. The first kappa shape index (κ1) is 16.9. The molecule has 9 heteroatoms. The summed E-state index contributed by atoms with van der Waals surface area (Å²) in [6.07, 6.45) is 1.29. The molecule has 134 valence electrons. The molecule has 0 aliphatic heterocycles. The van der Waals surface area contributed by atoms with Gasteiger partial charge < -0.3 is 9.26 Å². The van der Waals surface area contributed by atoms with Crippen LogP contribution in [0.1, 0.15) is 5.76 Å². The molecule has 2 heterocycles. The van der Waals surface area contributed by atoms with Crippen LogP contribution in [-0.4, -0.2) is 20.0 Å². The van der Waals surface area contributed by atoms with Crippen LogP contribution in [0.4, 0.5) is 5.69 Å². The molecule has 0 aliphatic rings. The summed E-state index contributed by atoms with van der Waals surface area (Å²) < 4.78 is 11.0. The van der Waals surface area contributed by atoms with Crippen molar-refractivity contribution in [3.8, 4) is 17.1 Å². The number of hydrogen-bond acceptors (Lipinski definition) is 7. The van der Waals surface area contributed by atoms with Crippen LogP contribution in [0.3, 0.4) is 0 Å². The van der Waals surface area contributed by atoms with Crippen molar-refractivity contribution in [3.05, 3.63) is 75.8 Å². The molecule has 2 aromatic heterocycles. The van der Waals surface area contributed by atoms with E-state index in [-0.39, 0.29) is 12.3 Å². The van der Waals surface area contributed by atoms with Gasteiger partial charge in [-0.05, 0) is 18.2 Å². The Hall–Kier alpha value is -3.52. The summed E-state index contributed by atoms with van der Waals surface area (Å²) in [5.41, 5.74) is 1.91. The summed E-state index contributed by atoms with van der Waals surface area (Å²) in [6, 6.07) is 13.3. The van der Waals surface area contributed by atoms with Gasteiger partial charge in [0.25, 0.3) is 5.69 Å². The van der Waals surface area contributed by atoms with Crippen molar-refractivity contribution in [2.24, 2.45) is 0 Å². The molecular weight excluding hydrogens is 372 g/mol. The van der Waals surface area contributed by atoms with Gasteiger partial charge in [0.1, 0.15) is 12.0 Å². The molecule has 0 saturated heterocycles. The Morgan fingerprint density at radius 1 is 1.11 bits per heavy atom. The molecule has 0 N–H and O–H groups in total. The quantitative estimate of drug-likeness (QED) is 0.371. The maximum absolute atomic E-state index is 10.9. The fourth-order valence-electron chi connectivity index (χ4n) is 2.53. The SMILES string of the molecule is O=[N+]([O-])c1ccc2c(OCc3cc(-c4ccc(Cl)cc4)no3)ncnc2c1. The van der Waals surface area contributed by atoms with Crippen LogP contribution >= 0.6 is 11.6 Å². The molecule has 0 bridgehead atoms. The largest absolute Gasteiger partial charge is 0.469 e. The molecule has 0 atom stereocenters. The number of benzene rings is 2. The van der Waals surface area contributed by atoms with E-state index < -0.39 is 4.92 Å². The second kappa shape index (κ2) is 7.00. The van der Waals surface area contributed by atoms with Crippen LogP contribution in [0.5, 0.6) is 5.88 Å². The summed E-state index contributed by atoms with van der Waals surface area (Å²) in [5.74, 6) is 0.813. The highest BCUT2D eigenvalue weighted by Crippen LogP contribution is 2.26. The second-order valence-electron chi connectivity index (χ2n) is 5.61. The Morgan fingerprint density at radius 2 is 1.93 bits per heavy atom. The molecule has 27 heavy (non-hydrogen) atoms. The first-order valence-electron chi connectivity index (χ1n) is 7.83. The van der Waals surface area contributed by atoms with Crippen LogP contribution in [0, 0.1) is 10.1 Å². The van der Waals surface area contributed by atoms with Gasteiger partial charge >= 0.3 is 0 Å². The number of nitro groups is 1. The third-order valence-corrected chi connectivity index (χ3v) is 4.10. The van der Waals surface area contributed by atoms with Crippen LogP contribution in [-0.2, 0) is 6.61 Å². The highest BCUT2D eigenvalue weighted by Gasteiger charge is 2.12. The van der Waals surface area contributed by atoms with Gasteiger partial charge in [-0.25, -0.2) is 9.97 Å². The Labute approximate surface area is 157 Å². The Bertz CT molecular complexity index is 1130. The maximum Gasteiger partial charge on any atom is 0.271 e. The zero-order valence-corrected chi connectivity index (χ0v) is 14.5. The summed E-state index contributed by atoms with van der Waals surface area (Å²) in [7, 11) is 0. The molecule has 2 aromatic carbocycles.